The number of nitrogens with one attached hydrogen (secondary N) is 2. The second kappa shape index (κ2) is 7.29. The highest BCUT2D eigenvalue weighted by Crippen LogP contribution is 2.23. The first kappa shape index (κ1) is 14.9. The van der Waals surface area contributed by atoms with Gasteiger partial charge in [-0.3, -0.25) is 4.79 Å². The van der Waals surface area contributed by atoms with Gasteiger partial charge in [-0.2, -0.15) is 0 Å². The summed E-state index contributed by atoms with van der Waals surface area (Å²) in [5.41, 5.74) is 1.77. The van der Waals surface area contributed by atoms with Gasteiger partial charge in [0, 0.05) is 30.4 Å². The first-order chi connectivity index (χ1) is 9.72. The summed E-state index contributed by atoms with van der Waals surface area (Å²) in [5.74, 6) is 0.00647. The van der Waals surface area contributed by atoms with Crippen LogP contribution in [0.5, 0.6) is 0 Å². The molecular formula is C16H24N2O2. The standard InChI is InChI=1S/C16H24N2O2/c1-3-9-17-13-7-5-12(6-8-13)16(19)18-14-10-15(11-14)20-4-2/h5-8,14-15,17H,3-4,9-11H2,1-2H3,(H,18,19). The molecular weight excluding hydrogens is 252 g/mol. The van der Waals surface area contributed by atoms with E-state index in [2.05, 4.69) is 17.6 Å². The van der Waals surface area contributed by atoms with Crippen molar-refractivity contribution in [3.8, 4) is 0 Å². The second-order valence-electron chi connectivity index (χ2n) is 5.22. The summed E-state index contributed by atoms with van der Waals surface area (Å²) in [6.45, 7) is 5.83. The van der Waals surface area contributed by atoms with Gasteiger partial charge in [0.15, 0.2) is 0 Å². The Morgan fingerprint density at radius 2 is 1.95 bits per heavy atom. The van der Waals surface area contributed by atoms with Crippen molar-refractivity contribution >= 4 is 11.6 Å². The van der Waals surface area contributed by atoms with E-state index in [0.29, 0.717) is 11.7 Å². The number of amides is 1. The van der Waals surface area contributed by atoms with Gasteiger partial charge in [-0.25, -0.2) is 0 Å². The predicted octanol–water partition coefficient (Wildman–Crippen LogP) is 2.81. The van der Waals surface area contributed by atoms with Gasteiger partial charge in [-0.15, -0.1) is 0 Å². The maximum absolute atomic E-state index is 12.1. The van der Waals surface area contributed by atoms with Crippen LogP contribution in [0, 0.1) is 0 Å². The first-order valence-electron chi connectivity index (χ1n) is 7.49. The minimum absolute atomic E-state index is 0.00647. The van der Waals surface area contributed by atoms with Gasteiger partial charge in [0.05, 0.1) is 6.10 Å². The van der Waals surface area contributed by atoms with Gasteiger partial charge in [0.2, 0.25) is 0 Å². The molecule has 2 N–H and O–H groups in total. The van der Waals surface area contributed by atoms with Gasteiger partial charge in [0.1, 0.15) is 0 Å². The van der Waals surface area contributed by atoms with Gasteiger partial charge < -0.3 is 15.4 Å². The van der Waals surface area contributed by atoms with Crippen molar-refractivity contribution in [2.24, 2.45) is 0 Å². The monoisotopic (exact) mass is 276 g/mol. The maximum Gasteiger partial charge on any atom is 0.251 e. The zero-order valence-corrected chi connectivity index (χ0v) is 12.3. The summed E-state index contributed by atoms with van der Waals surface area (Å²) >= 11 is 0. The molecule has 0 aromatic heterocycles. The van der Waals surface area contributed by atoms with Gasteiger partial charge in [0.25, 0.3) is 5.91 Å². The third-order valence-corrected chi connectivity index (χ3v) is 3.56. The Bertz CT molecular complexity index is 425. The lowest BCUT2D eigenvalue weighted by molar-refractivity contribution is -0.00862. The van der Waals surface area contributed by atoms with Crippen molar-refractivity contribution in [1.82, 2.24) is 5.32 Å². The zero-order valence-electron chi connectivity index (χ0n) is 12.3. The highest BCUT2D eigenvalue weighted by Gasteiger charge is 2.30. The highest BCUT2D eigenvalue weighted by atomic mass is 16.5. The van der Waals surface area contributed by atoms with Crippen LogP contribution in [0.15, 0.2) is 24.3 Å². The number of anilines is 1. The largest absolute Gasteiger partial charge is 0.385 e. The Morgan fingerprint density at radius 1 is 1.25 bits per heavy atom. The number of benzene rings is 1. The summed E-state index contributed by atoms with van der Waals surface area (Å²) in [4.78, 5) is 12.1. The summed E-state index contributed by atoms with van der Waals surface area (Å²) in [6.07, 6.45) is 3.27. The third-order valence-electron chi connectivity index (χ3n) is 3.56. The van der Waals surface area contributed by atoms with Crippen molar-refractivity contribution in [2.45, 2.75) is 45.3 Å². The van der Waals surface area contributed by atoms with Gasteiger partial charge >= 0.3 is 0 Å². The molecule has 0 unspecified atom stereocenters. The number of ether oxygens (including phenoxy) is 1. The van der Waals surface area contributed by atoms with Crippen LogP contribution >= 0.6 is 0 Å². The second-order valence-corrected chi connectivity index (χ2v) is 5.22. The van der Waals surface area contributed by atoms with Crippen molar-refractivity contribution in [1.29, 1.82) is 0 Å². The molecule has 110 valence electrons. The van der Waals surface area contributed by atoms with Crippen LogP contribution < -0.4 is 10.6 Å². The molecule has 0 bridgehead atoms. The van der Waals surface area contributed by atoms with E-state index in [1.54, 1.807) is 0 Å². The molecule has 1 aromatic rings. The smallest absolute Gasteiger partial charge is 0.251 e. The quantitative estimate of drug-likeness (QED) is 0.805. The average Bonchev–Trinajstić information content (AvgIpc) is 2.43. The molecule has 0 heterocycles. The van der Waals surface area contributed by atoms with Crippen LogP contribution in [0.1, 0.15) is 43.5 Å². The molecule has 20 heavy (non-hydrogen) atoms. The van der Waals surface area contributed by atoms with E-state index in [9.17, 15) is 4.79 Å². The summed E-state index contributed by atoms with van der Waals surface area (Å²) in [5, 5.41) is 6.34. The van der Waals surface area contributed by atoms with Crippen LogP contribution in [0.3, 0.4) is 0 Å². The van der Waals surface area contributed by atoms with Crippen molar-refractivity contribution in [3.05, 3.63) is 29.8 Å². The summed E-state index contributed by atoms with van der Waals surface area (Å²) in [7, 11) is 0. The Balaban J connectivity index is 1.78. The third kappa shape index (κ3) is 3.97. The molecule has 4 nitrogen and oxygen atoms in total. The molecule has 1 aliphatic carbocycles. The molecule has 1 aliphatic rings. The fraction of sp³-hybridized carbons (Fsp3) is 0.562. The van der Waals surface area contributed by atoms with E-state index in [1.807, 2.05) is 31.2 Å². The van der Waals surface area contributed by atoms with Crippen LogP contribution in [-0.2, 0) is 4.74 Å². The van der Waals surface area contributed by atoms with E-state index in [-0.39, 0.29) is 11.9 Å². The SMILES string of the molecule is CCCNc1ccc(C(=O)NC2CC(OCC)C2)cc1. The van der Waals surface area contributed by atoms with E-state index >= 15 is 0 Å². The molecule has 0 atom stereocenters. The van der Waals surface area contributed by atoms with E-state index in [4.69, 9.17) is 4.74 Å². The van der Waals surface area contributed by atoms with Gasteiger partial charge in [-0.05, 0) is 50.5 Å². The number of carbonyl (C=O) groups excluding carboxylic acids is 1. The lowest BCUT2D eigenvalue weighted by atomic mass is 9.89. The molecule has 0 saturated heterocycles. The molecule has 2 rings (SSSR count). The molecule has 1 fully saturated rings. The lowest BCUT2D eigenvalue weighted by Crippen LogP contribution is -2.47. The molecule has 0 aliphatic heterocycles. The summed E-state index contributed by atoms with van der Waals surface area (Å²) in [6, 6.07) is 7.90. The molecule has 4 heteroatoms. The molecule has 0 spiro atoms. The van der Waals surface area contributed by atoms with Crippen molar-refractivity contribution < 1.29 is 9.53 Å². The Morgan fingerprint density at radius 3 is 2.55 bits per heavy atom. The van der Waals surface area contributed by atoms with Gasteiger partial charge in [-0.1, -0.05) is 6.92 Å². The minimum Gasteiger partial charge on any atom is -0.385 e. The lowest BCUT2D eigenvalue weighted by Gasteiger charge is -2.35. The number of hydrogen-bond donors (Lipinski definition) is 2. The minimum atomic E-state index is 0.00647. The van der Waals surface area contributed by atoms with E-state index in [0.717, 1.165) is 38.1 Å². The number of hydrogen-bond acceptors (Lipinski definition) is 3. The van der Waals surface area contributed by atoms with E-state index < -0.39 is 0 Å². The molecule has 1 amide bonds. The van der Waals surface area contributed by atoms with Crippen LogP contribution in [-0.4, -0.2) is 31.2 Å². The van der Waals surface area contributed by atoms with Crippen molar-refractivity contribution in [2.75, 3.05) is 18.5 Å². The molecule has 1 saturated carbocycles. The maximum atomic E-state index is 12.1. The number of rotatable bonds is 7. The van der Waals surface area contributed by atoms with E-state index in [1.165, 1.54) is 0 Å². The predicted molar refractivity (Wildman–Crippen MR) is 81.1 cm³/mol. The normalized spacial score (nSPS) is 21.1. The fourth-order valence-corrected chi connectivity index (χ4v) is 2.33. The van der Waals surface area contributed by atoms with Crippen LogP contribution in [0.2, 0.25) is 0 Å². The first-order valence-corrected chi connectivity index (χ1v) is 7.49. The zero-order chi connectivity index (χ0) is 14.4. The summed E-state index contributed by atoms with van der Waals surface area (Å²) < 4.78 is 5.49. The Kier molecular flexibility index (Phi) is 5.41. The topological polar surface area (TPSA) is 50.4 Å². The molecule has 1 aromatic carbocycles. The average molecular weight is 276 g/mol. The molecule has 0 radical (unpaired) electrons. The Hall–Kier alpha value is -1.55. The van der Waals surface area contributed by atoms with Crippen molar-refractivity contribution in [3.63, 3.8) is 0 Å². The Labute approximate surface area is 120 Å². The van der Waals surface area contributed by atoms with Crippen LogP contribution in [0.25, 0.3) is 0 Å². The number of carbonyl (C=O) groups is 1. The fourth-order valence-electron chi connectivity index (χ4n) is 2.33. The highest BCUT2D eigenvalue weighted by molar-refractivity contribution is 5.94. The van der Waals surface area contributed by atoms with Crippen LogP contribution in [0.4, 0.5) is 5.69 Å².